The quantitative estimate of drug-likeness (QED) is 0.650. The van der Waals surface area contributed by atoms with Crippen LogP contribution in [-0.4, -0.2) is 55.7 Å². The second-order valence-corrected chi connectivity index (χ2v) is 6.69. The Morgan fingerprint density at radius 2 is 2.00 bits per heavy atom. The molecule has 1 aliphatic rings. The van der Waals surface area contributed by atoms with Gasteiger partial charge in [-0.05, 0) is 49.2 Å². The average molecular weight is 367 g/mol. The van der Waals surface area contributed by atoms with Gasteiger partial charge in [-0.1, -0.05) is 12.1 Å². The summed E-state index contributed by atoms with van der Waals surface area (Å²) < 4.78 is 5.37. The van der Waals surface area contributed by atoms with E-state index in [1.54, 1.807) is 7.11 Å². The van der Waals surface area contributed by atoms with Crippen molar-refractivity contribution in [1.29, 1.82) is 0 Å². The number of methoxy groups -OCH3 is 1. The molecule has 0 atom stereocenters. The lowest BCUT2D eigenvalue weighted by atomic mass is 10.1. The van der Waals surface area contributed by atoms with Gasteiger partial charge < -0.3 is 19.9 Å². The highest BCUT2D eigenvalue weighted by Gasteiger charge is 2.20. The molecule has 0 aliphatic carbocycles. The summed E-state index contributed by atoms with van der Waals surface area (Å²) in [6.45, 7) is 9.43. The smallest absolute Gasteiger partial charge is 0.194 e. The molecule has 2 heterocycles. The zero-order valence-electron chi connectivity index (χ0n) is 16.5. The predicted octanol–water partition coefficient (Wildman–Crippen LogP) is 2.69. The highest BCUT2D eigenvalue weighted by molar-refractivity contribution is 5.80. The van der Waals surface area contributed by atoms with E-state index in [1.807, 2.05) is 24.4 Å². The number of aromatic nitrogens is 1. The summed E-state index contributed by atoms with van der Waals surface area (Å²) >= 11 is 0. The second kappa shape index (κ2) is 9.26. The van der Waals surface area contributed by atoms with Crippen molar-refractivity contribution in [2.75, 3.05) is 44.7 Å². The van der Waals surface area contributed by atoms with E-state index in [4.69, 9.17) is 9.73 Å². The minimum Gasteiger partial charge on any atom is -0.497 e. The number of piperazine rings is 1. The summed E-state index contributed by atoms with van der Waals surface area (Å²) in [5.41, 5.74) is 2.35. The minimum absolute atomic E-state index is 0.640. The van der Waals surface area contributed by atoms with Gasteiger partial charge in [-0.15, -0.1) is 0 Å². The van der Waals surface area contributed by atoms with Crippen LogP contribution in [0.2, 0.25) is 0 Å². The average Bonchev–Trinajstić information content (AvgIpc) is 2.71. The van der Waals surface area contributed by atoms with E-state index < -0.39 is 0 Å². The maximum absolute atomic E-state index is 5.37. The Labute approximate surface area is 161 Å². The van der Waals surface area contributed by atoms with Gasteiger partial charge in [-0.25, -0.2) is 9.98 Å². The van der Waals surface area contributed by atoms with E-state index in [2.05, 4.69) is 52.1 Å². The summed E-state index contributed by atoms with van der Waals surface area (Å²) in [6.07, 6.45) is 1.85. The van der Waals surface area contributed by atoms with E-state index >= 15 is 0 Å². The number of benzene rings is 1. The van der Waals surface area contributed by atoms with E-state index in [9.17, 15) is 0 Å². The van der Waals surface area contributed by atoms with Gasteiger partial charge in [0.15, 0.2) is 5.96 Å². The summed E-state index contributed by atoms with van der Waals surface area (Å²) in [5, 5.41) is 3.43. The molecule has 0 radical (unpaired) electrons. The van der Waals surface area contributed by atoms with Crippen molar-refractivity contribution in [3.63, 3.8) is 0 Å². The Balaban J connectivity index is 1.65. The third kappa shape index (κ3) is 5.12. The molecule has 144 valence electrons. The van der Waals surface area contributed by atoms with Gasteiger partial charge in [0, 0.05) is 38.9 Å². The van der Waals surface area contributed by atoms with Crippen molar-refractivity contribution >= 4 is 11.8 Å². The molecule has 6 heteroatoms. The highest BCUT2D eigenvalue weighted by Crippen LogP contribution is 2.17. The number of aliphatic imine (C=N–C) groups is 1. The molecule has 1 aromatic carbocycles. The largest absolute Gasteiger partial charge is 0.497 e. The van der Waals surface area contributed by atoms with Gasteiger partial charge in [0.05, 0.1) is 13.7 Å². The molecular weight excluding hydrogens is 338 g/mol. The number of aryl methyl sites for hydroxylation is 1. The van der Waals surface area contributed by atoms with Gasteiger partial charge >= 0.3 is 0 Å². The first-order chi connectivity index (χ1) is 13.2. The van der Waals surface area contributed by atoms with Crippen molar-refractivity contribution in [1.82, 2.24) is 15.2 Å². The number of hydrogen-bond acceptors (Lipinski definition) is 4. The molecule has 1 aromatic heterocycles. The molecule has 27 heavy (non-hydrogen) atoms. The Morgan fingerprint density at radius 3 is 2.67 bits per heavy atom. The molecule has 1 aliphatic heterocycles. The third-order valence-electron chi connectivity index (χ3n) is 4.65. The van der Waals surface area contributed by atoms with Crippen molar-refractivity contribution in [2.24, 2.45) is 4.99 Å². The topological polar surface area (TPSA) is 53.0 Å². The van der Waals surface area contributed by atoms with Crippen LogP contribution in [-0.2, 0) is 6.54 Å². The maximum Gasteiger partial charge on any atom is 0.194 e. The highest BCUT2D eigenvalue weighted by atomic mass is 16.5. The number of nitrogens with one attached hydrogen (secondary N) is 1. The molecule has 2 aromatic rings. The standard InChI is InChI=1S/C21H29N5O/c1-4-22-21(24-16-18-13-17(2)14-19(15-18)27-3)26-11-9-25(10-12-26)20-7-5-6-8-23-20/h5-8,13-15H,4,9-12,16H2,1-3H3,(H,22,24). The molecule has 1 saturated heterocycles. The monoisotopic (exact) mass is 367 g/mol. The van der Waals surface area contributed by atoms with Crippen molar-refractivity contribution in [3.05, 3.63) is 53.7 Å². The number of hydrogen-bond donors (Lipinski definition) is 1. The number of pyridine rings is 1. The molecule has 0 bridgehead atoms. The van der Waals surface area contributed by atoms with Crippen LogP contribution in [0.25, 0.3) is 0 Å². The van der Waals surface area contributed by atoms with Gasteiger partial charge in [0.1, 0.15) is 11.6 Å². The molecule has 0 unspecified atom stereocenters. The fourth-order valence-electron chi connectivity index (χ4n) is 3.31. The molecule has 1 N–H and O–H groups in total. The van der Waals surface area contributed by atoms with Crippen LogP contribution < -0.4 is 15.0 Å². The first kappa shape index (κ1) is 19.0. The molecule has 6 nitrogen and oxygen atoms in total. The van der Waals surface area contributed by atoms with Gasteiger partial charge in [0.25, 0.3) is 0 Å². The van der Waals surface area contributed by atoms with Crippen LogP contribution >= 0.6 is 0 Å². The van der Waals surface area contributed by atoms with Crippen LogP contribution in [0.3, 0.4) is 0 Å². The predicted molar refractivity (Wildman–Crippen MR) is 111 cm³/mol. The lowest BCUT2D eigenvalue weighted by Crippen LogP contribution is -2.52. The molecule has 1 fully saturated rings. The summed E-state index contributed by atoms with van der Waals surface area (Å²) in [5.74, 6) is 2.90. The third-order valence-corrected chi connectivity index (χ3v) is 4.65. The fraction of sp³-hybridized carbons (Fsp3) is 0.429. The summed E-state index contributed by atoms with van der Waals surface area (Å²) in [7, 11) is 1.70. The van der Waals surface area contributed by atoms with E-state index in [-0.39, 0.29) is 0 Å². The zero-order valence-corrected chi connectivity index (χ0v) is 16.5. The van der Waals surface area contributed by atoms with Gasteiger partial charge in [-0.3, -0.25) is 0 Å². The van der Waals surface area contributed by atoms with Crippen LogP contribution in [0.4, 0.5) is 5.82 Å². The first-order valence-corrected chi connectivity index (χ1v) is 9.53. The maximum atomic E-state index is 5.37. The first-order valence-electron chi connectivity index (χ1n) is 9.53. The van der Waals surface area contributed by atoms with Crippen molar-refractivity contribution < 1.29 is 4.74 Å². The van der Waals surface area contributed by atoms with Gasteiger partial charge in [0.2, 0.25) is 0 Å². The Morgan fingerprint density at radius 1 is 1.19 bits per heavy atom. The summed E-state index contributed by atoms with van der Waals surface area (Å²) in [6, 6.07) is 12.3. The van der Waals surface area contributed by atoms with Crippen molar-refractivity contribution in [3.8, 4) is 5.75 Å². The fourth-order valence-corrected chi connectivity index (χ4v) is 3.31. The number of anilines is 1. The SMILES string of the molecule is CCNC(=NCc1cc(C)cc(OC)c1)N1CCN(c2ccccn2)CC1. The van der Waals surface area contributed by atoms with E-state index in [1.165, 1.54) is 5.56 Å². The Kier molecular flexibility index (Phi) is 6.52. The van der Waals surface area contributed by atoms with Crippen LogP contribution in [0, 0.1) is 6.92 Å². The number of rotatable bonds is 5. The molecular formula is C21H29N5O. The second-order valence-electron chi connectivity index (χ2n) is 6.69. The summed E-state index contributed by atoms with van der Waals surface area (Å²) in [4.78, 5) is 14.0. The number of ether oxygens (including phenoxy) is 1. The molecule has 0 spiro atoms. The normalized spacial score (nSPS) is 15.0. The Hall–Kier alpha value is -2.76. The van der Waals surface area contributed by atoms with E-state index in [0.29, 0.717) is 6.54 Å². The van der Waals surface area contributed by atoms with Crippen molar-refractivity contribution in [2.45, 2.75) is 20.4 Å². The van der Waals surface area contributed by atoms with Crippen LogP contribution in [0.5, 0.6) is 5.75 Å². The van der Waals surface area contributed by atoms with Crippen LogP contribution in [0.1, 0.15) is 18.1 Å². The molecule has 3 rings (SSSR count). The lowest BCUT2D eigenvalue weighted by molar-refractivity contribution is 0.371. The molecule has 0 amide bonds. The lowest BCUT2D eigenvalue weighted by Gasteiger charge is -2.37. The van der Waals surface area contributed by atoms with E-state index in [0.717, 1.165) is 55.8 Å². The minimum atomic E-state index is 0.640. The zero-order chi connectivity index (χ0) is 19.1. The van der Waals surface area contributed by atoms with Crippen LogP contribution in [0.15, 0.2) is 47.6 Å². The number of guanidine groups is 1. The number of nitrogens with zero attached hydrogens (tertiary/aromatic N) is 4. The molecule has 0 saturated carbocycles. The Bertz CT molecular complexity index is 754. The van der Waals surface area contributed by atoms with Gasteiger partial charge in [-0.2, -0.15) is 0 Å².